The molecular weight excluding hydrogens is 296 g/mol. The largest absolute Gasteiger partial charge is 0.348 e. The molecule has 0 saturated carbocycles. The zero-order valence-corrected chi connectivity index (χ0v) is 16.8. The van der Waals surface area contributed by atoms with E-state index < -0.39 is 0 Å². The number of H-pyrrole nitrogens is 2. The highest BCUT2D eigenvalue weighted by Gasteiger charge is 2.20. The van der Waals surface area contributed by atoms with Gasteiger partial charge in [-0.1, -0.05) is 68.2 Å². The van der Waals surface area contributed by atoms with Crippen LogP contribution in [0.1, 0.15) is 97.8 Å². The number of imidazole rings is 2. The third kappa shape index (κ3) is 6.14. The normalized spacial score (nSPS) is 12.2. The lowest BCUT2D eigenvalue weighted by molar-refractivity contribution is 0.447. The smallest absolute Gasteiger partial charge is 0.108 e. The molecule has 0 aliphatic carbocycles. The number of rotatable bonds is 5. The van der Waals surface area contributed by atoms with E-state index >= 15 is 0 Å². The van der Waals surface area contributed by atoms with Gasteiger partial charge in [0.05, 0.1) is 12.0 Å². The summed E-state index contributed by atoms with van der Waals surface area (Å²) in [6.45, 7) is 17.6. The topological polar surface area (TPSA) is 57.4 Å². The number of aromatic amines is 2. The summed E-state index contributed by atoms with van der Waals surface area (Å²) in [5.74, 6) is 1.57. The van der Waals surface area contributed by atoms with E-state index in [1.807, 2.05) is 12.4 Å². The van der Waals surface area contributed by atoms with Crippen LogP contribution in [-0.4, -0.2) is 19.9 Å². The molecule has 0 aromatic carbocycles. The van der Waals surface area contributed by atoms with Gasteiger partial charge in [0.1, 0.15) is 5.82 Å². The summed E-state index contributed by atoms with van der Waals surface area (Å²) in [4.78, 5) is 14.9. The maximum atomic E-state index is 4.53. The molecule has 0 atom stereocenters. The van der Waals surface area contributed by atoms with Crippen molar-refractivity contribution in [2.75, 3.05) is 0 Å². The van der Waals surface area contributed by atoms with Gasteiger partial charge < -0.3 is 9.97 Å². The Bertz CT molecular complexity index is 571. The van der Waals surface area contributed by atoms with Crippen molar-refractivity contribution in [2.24, 2.45) is 0 Å². The molecule has 4 heteroatoms. The second-order valence-electron chi connectivity index (χ2n) is 8.53. The summed E-state index contributed by atoms with van der Waals surface area (Å²) in [5, 5.41) is 0. The first-order valence-electron chi connectivity index (χ1n) is 9.12. The van der Waals surface area contributed by atoms with Crippen LogP contribution in [0.15, 0.2) is 18.7 Å². The van der Waals surface area contributed by atoms with E-state index in [0.29, 0.717) is 5.92 Å². The highest BCUT2D eigenvalue weighted by molar-refractivity contribution is 5.12. The standard InChI is InChI=1S/2C10H18N2/c1-7(2)9-11-6-8(12-9)10(3,4)5;1-4-5-6-10(2,3)9-7-11-8-12-9/h6-7H,1-5H3,(H,11,12);7-8H,4-6H2,1-3H3,(H,11,12). The van der Waals surface area contributed by atoms with Gasteiger partial charge in [0.2, 0.25) is 0 Å². The highest BCUT2D eigenvalue weighted by Crippen LogP contribution is 2.26. The first kappa shape index (κ1) is 20.5. The minimum atomic E-state index is 0.156. The fraction of sp³-hybridized carbons (Fsp3) is 0.700. The van der Waals surface area contributed by atoms with Crippen molar-refractivity contribution in [1.29, 1.82) is 0 Å². The van der Waals surface area contributed by atoms with Gasteiger partial charge in [-0.3, -0.25) is 0 Å². The Kier molecular flexibility index (Phi) is 7.25. The van der Waals surface area contributed by atoms with Gasteiger partial charge in [-0.2, -0.15) is 0 Å². The Balaban J connectivity index is 0.000000240. The summed E-state index contributed by atoms with van der Waals surface area (Å²) in [7, 11) is 0. The molecule has 2 aromatic rings. The summed E-state index contributed by atoms with van der Waals surface area (Å²) in [5.41, 5.74) is 2.80. The van der Waals surface area contributed by atoms with Crippen LogP contribution >= 0.6 is 0 Å². The zero-order valence-electron chi connectivity index (χ0n) is 16.8. The molecular formula is C20H36N4. The van der Waals surface area contributed by atoms with Gasteiger partial charge in [0, 0.05) is 34.8 Å². The first-order valence-corrected chi connectivity index (χ1v) is 9.12. The predicted molar refractivity (Wildman–Crippen MR) is 103 cm³/mol. The SMILES string of the molecule is CC(C)c1nc(C(C)(C)C)c[nH]1.CCCCC(C)(C)c1cnc[nH]1. The van der Waals surface area contributed by atoms with E-state index in [1.165, 1.54) is 25.0 Å². The van der Waals surface area contributed by atoms with Gasteiger partial charge in [0.15, 0.2) is 0 Å². The van der Waals surface area contributed by atoms with Crippen molar-refractivity contribution < 1.29 is 0 Å². The van der Waals surface area contributed by atoms with Crippen LogP contribution in [0.25, 0.3) is 0 Å². The molecule has 0 aliphatic rings. The second-order valence-corrected chi connectivity index (χ2v) is 8.53. The van der Waals surface area contributed by atoms with E-state index in [2.05, 4.69) is 75.3 Å². The number of hydrogen-bond donors (Lipinski definition) is 2. The second kappa shape index (κ2) is 8.50. The number of unbranched alkanes of at least 4 members (excludes halogenated alkanes) is 1. The molecule has 136 valence electrons. The number of nitrogens with zero attached hydrogens (tertiary/aromatic N) is 2. The summed E-state index contributed by atoms with van der Waals surface area (Å²) >= 11 is 0. The van der Waals surface area contributed by atoms with Gasteiger partial charge in [-0.05, 0) is 6.42 Å². The van der Waals surface area contributed by atoms with Crippen molar-refractivity contribution in [2.45, 2.75) is 91.4 Å². The van der Waals surface area contributed by atoms with Gasteiger partial charge >= 0.3 is 0 Å². The van der Waals surface area contributed by atoms with Crippen LogP contribution < -0.4 is 0 Å². The lowest BCUT2D eigenvalue weighted by Crippen LogP contribution is -2.17. The van der Waals surface area contributed by atoms with Crippen molar-refractivity contribution in [3.63, 3.8) is 0 Å². The number of nitrogens with one attached hydrogen (secondary N) is 2. The van der Waals surface area contributed by atoms with Crippen molar-refractivity contribution >= 4 is 0 Å². The molecule has 0 fully saturated rings. The Morgan fingerprint density at radius 1 is 1.08 bits per heavy atom. The highest BCUT2D eigenvalue weighted by atomic mass is 14.9. The summed E-state index contributed by atoms with van der Waals surface area (Å²) in [6.07, 6.45) is 9.46. The minimum absolute atomic E-state index is 0.156. The molecule has 24 heavy (non-hydrogen) atoms. The fourth-order valence-corrected chi connectivity index (χ4v) is 2.40. The van der Waals surface area contributed by atoms with Crippen molar-refractivity contribution in [3.8, 4) is 0 Å². The van der Waals surface area contributed by atoms with E-state index in [4.69, 9.17) is 0 Å². The Hall–Kier alpha value is -1.58. The van der Waals surface area contributed by atoms with Gasteiger partial charge in [-0.25, -0.2) is 9.97 Å². The van der Waals surface area contributed by atoms with Crippen LogP contribution in [0, 0.1) is 0 Å². The van der Waals surface area contributed by atoms with E-state index in [-0.39, 0.29) is 10.8 Å². The van der Waals surface area contributed by atoms with E-state index in [9.17, 15) is 0 Å². The Morgan fingerprint density at radius 3 is 2.12 bits per heavy atom. The van der Waals surface area contributed by atoms with Crippen LogP contribution in [0.3, 0.4) is 0 Å². The molecule has 2 rings (SSSR count). The van der Waals surface area contributed by atoms with Gasteiger partial charge in [0.25, 0.3) is 0 Å². The molecule has 0 radical (unpaired) electrons. The van der Waals surface area contributed by atoms with Crippen LogP contribution in [0.5, 0.6) is 0 Å². The molecule has 0 amide bonds. The van der Waals surface area contributed by atoms with Crippen molar-refractivity contribution in [3.05, 3.63) is 35.9 Å². The quantitative estimate of drug-likeness (QED) is 0.737. The molecule has 0 saturated heterocycles. The summed E-state index contributed by atoms with van der Waals surface area (Å²) < 4.78 is 0. The minimum Gasteiger partial charge on any atom is -0.348 e. The maximum absolute atomic E-state index is 4.53. The molecule has 0 aliphatic heterocycles. The Morgan fingerprint density at radius 2 is 1.75 bits per heavy atom. The van der Waals surface area contributed by atoms with Crippen LogP contribution in [0.4, 0.5) is 0 Å². The molecule has 0 bridgehead atoms. The van der Waals surface area contributed by atoms with Gasteiger partial charge in [-0.15, -0.1) is 0 Å². The lowest BCUT2D eigenvalue weighted by Gasteiger charge is -2.22. The monoisotopic (exact) mass is 332 g/mol. The Labute approximate surface area is 147 Å². The molecule has 2 N–H and O–H groups in total. The molecule has 4 nitrogen and oxygen atoms in total. The number of hydrogen-bond acceptors (Lipinski definition) is 2. The molecule has 0 unspecified atom stereocenters. The first-order chi connectivity index (χ1) is 11.1. The maximum Gasteiger partial charge on any atom is 0.108 e. The fourth-order valence-electron chi connectivity index (χ4n) is 2.40. The lowest BCUT2D eigenvalue weighted by atomic mass is 9.84. The summed E-state index contributed by atoms with van der Waals surface area (Å²) in [6, 6.07) is 0. The molecule has 2 heterocycles. The molecule has 0 spiro atoms. The van der Waals surface area contributed by atoms with E-state index in [1.54, 1.807) is 6.33 Å². The third-order valence-corrected chi connectivity index (χ3v) is 4.30. The predicted octanol–water partition coefficient (Wildman–Crippen LogP) is 5.71. The average Bonchev–Trinajstić information content (AvgIpc) is 3.15. The number of aromatic nitrogens is 4. The molecule has 2 aromatic heterocycles. The van der Waals surface area contributed by atoms with Crippen molar-refractivity contribution in [1.82, 2.24) is 19.9 Å². The third-order valence-electron chi connectivity index (χ3n) is 4.30. The van der Waals surface area contributed by atoms with Crippen LogP contribution in [-0.2, 0) is 10.8 Å². The zero-order chi connectivity index (χ0) is 18.4. The van der Waals surface area contributed by atoms with E-state index in [0.717, 1.165) is 11.5 Å². The average molecular weight is 333 g/mol. The van der Waals surface area contributed by atoms with Crippen LogP contribution in [0.2, 0.25) is 0 Å².